The van der Waals surface area contributed by atoms with E-state index >= 15 is 0 Å². The van der Waals surface area contributed by atoms with E-state index in [1.165, 1.54) is 6.33 Å². The van der Waals surface area contributed by atoms with Crippen LogP contribution in [-0.4, -0.2) is 70.0 Å². The van der Waals surface area contributed by atoms with Crippen molar-refractivity contribution in [2.45, 2.75) is 32.0 Å². The summed E-state index contributed by atoms with van der Waals surface area (Å²) < 4.78 is 31.1. The van der Waals surface area contributed by atoms with E-state index < -0.39 is 9.84 Å². The van der Waals surface area contributed by atoms with Crippen molar-refractivity contribution < 1.29 is 17.6 Å². The molecule has 4 rings (SSSR count). The lowest BCUT2D eigenvalue weighted by atomic mass is 10.1. The molecule has 3 heterocycles. The number of amides is 1. The number of hydrogen-bond acceptors (Lipinski definition) is 7. The highest BCUT2D eigenvalue weighted by molar-refractivity contribution is 7.91. The molecular formula is C22H27N5O4S. The van der Waals surface area contributed by atoms with Crippen LogP contribution in [0.15, 0.2) is 59.7 Å². The van der Waals surface area contributed by atoms with Gasteiger partial charge < -0.3 is 9.32 Å². The van der Waals surface area contributed by atoms with Crippen LogP contribution in [0.1, 0.15) is 30.7 Å². The lowest BCUT2D eigenvalue weighted by molar-refractivity contribution is -0.135. The Morgan fingerprint density at radius 2 is 2.06 bits per heavy atom. The van der Waals surface area contributed by atoms with Crippen LogP contribution >= 0.6 is 0 Å². The van der Waals surface area contributed by atoms with Gasteiger partial charge in [0.2, 0.25) is 5.91 Å². The molecule has 1 amide bonds. The maximum atomic E-state index is 13.3. The molecule has 0 N–H and O–H groups in total. The fraction of sp³-hybridized carbons (Fsp3) is 0.409. The van der Waals surface area contributed by atoms with Crippen LogP contribution in [0.4, 0.5) is 0 Å². The summed E-state index contributed by atoms with van der Waals surface area (Å²) in [4.78, 5) is 20.8. The van der Waals surface area contributed by atoms with Gasteiger partial charge in [-0.1, -0.05) is 12.1 Å². The van der Waals surface area contributed by atoms with E-state index in [4.69, 9.17) is 4.42 Å². The minimum atomic E-state index is -3.11. The smallest absolute Gasteiger partial charge is 0.237 e. The Labute approximate surface area is 187 Å². The molecular weight excluding hydrogens is 430 g/mol. The zero-order chi connectivity index (χ0) is 22.7. The van der Waals surface area contributed by atoms with Crippen molar-refractivity contribution >= 4 is 15.7 Å². The molecule has 32 heavy (non-hydrogen) atoms. The van der Waals surface area contributed by atoms with Crippen LogP contribution in [0.3, 0.4) is 0 Å². The normalized spacial score (nSPS) is 18.7. The quantitative estimate of drug-likeness (QED) is 0.510. The lowest BCUT2D eigenvalue weighted by Crippen LogP contribution is -2.45. The molecule has 2 aromatic heterocycles. The van der Waals surface area contributed by atoms with E-state index in [2.05, 4.69) is 10.1 Å². The van der Waals surface area contributed by atoms with Gasteiger partial charge >= 0.3 is 0 Å². The second-order valence-corrected chi connectivity index (χ2v) is 10.4. The molecule has 1 fully saturated rings. The Balaban J connectivity index is 1.44. The second kappa shape index (κ2) is 9.25. The average molecular weight is 458 g/mol. The lowest BCUT2D eigenvalue weighted by Gasteiger charge is -2.31. The van der Waals surface area contributed by atoms with Gasteiger partial charge in [-0.15, -0.1) is 0 Å². The van der Waals surface area contributed by atoms with Crippen molar-refractivity contribution in [1.29, 1.82) is 0 Å². The number of carbonyl (C=O) groups excluding carboxylic acids is 1. The van der Waals surface area contributed by atoms with Crippen LogP contribution in [0.5, 0.6) is 0 Å². The van der Waals surface area contributed by atoms with Gasteiger partial charge in [0.1, 0.15) is 18.4 Å². The molecule has 1 aliphatic heterocycles. The Kier molecular flexibility index (Phi) is 6.43. The van der Waals surface area contributed by atoms with E-state index in [1.807, 2.05) is 43.1 Å². The third-order valence-corrected chi connectivity index (χ3v) is 7.73. The number of hydrogen-bond donors (Lipinski definition) is 0. The fourth-order valence-electron chi connectivity index (χ4n) is 3.96. The number of sulfone groups is 1. The largest absolute Gasteiger partial charge is 0.467 e. The van der Waals surface area contributed by atoms with E-state index in [1.54, 1.807) is 34.3 Å². The molecule has 0 unspecified atom stereocenters. The van der Waals surface area contributed by atoms with Crippen LogP contribution in [-0.2, 0) is 21.2 Å². The first kappa shape index (κ1) is 22.2. The van der Waals surface area contributed by atoms with Crippen LogP contribution in [0.25, 0.3) is 5.69 Å². The second-order valence-electron chi connectivity index (χ2n) is 8.18. The molecule has 0 saturated carbocycles. The number of benzene rings is 1. The van der Waals surface area contributed by atoms with Crippen molar-refractivity contribution in [1.82, 2.24) is 24.6 Å². The summed E-state index contributed by atoms with van der Waals surface area (Å²) in [5, 5.41) is 4.13. The number of rotatable bonds is 8. The first-order valence-corrected chi connectivity index (χ1v) is 12.3. The van der Waals surface area contributed by atoms with Gasteiger partial charge in [-0.3, -0.25) is 9.69 Å². The maximum absolute atomic E-state index is 13.3. The number of carbonyl (C=O) groups is 1. The number of nitrogens with zero attached hydrogens (tertiary/aromatic N) is 5. The molecule has 170 valence electrons. The molecule has 0 radical (unpaired) electrons. The average Bonchev–Trinajstić information content (AvgIpc) is 3.54. The summed E-state index contributed by atoms with van der Waals surface area (Å²) in [6, 6.07) is 11.2. The number of aromatic nitrogens is 3. The van der Waals surface area contributed by atoms with Gasteiger partial charge in [0.15, 0.2) is 9.84 Å². The van der Waals surface area contributed by atoms with Crippen LogP contribution in [0.2, 0.25) is 0 Å². The Bertz CT molecular complexity index is 1130. The first-order valence-electron chi connectivity index (χ1n) is 10.5. The molecule has 0 aliphatic carbocycles. The molecule has 1 aromatic carbocycles. The summed E-state index contributed by atoms with van der Waals surface area (Å²) in [5.74, 6) is 0.644. The molecule has 9 nitrogen and oxygen atoms in total. The first-order chi connectivity index (χ1) is 15.3. The predicted molar refractivity (Wildman–Crippen MR) is 119 cm³/mol. The molecule has 1 saturated heterocycles. The molecule has 1 aliphatic rings. The Hall–Kier alpha value is -2.98. The Morgan fingerprint density at radius 3 is 2.66 bits per heavy atom. The molecule has 0 bridgehead atoms. The number of likely N-dealkylation sites (N-methyl/N-ethyl adjacent to an activating group) is 1. The predicted octanol–water partition coefficient (Wildman–Crippen LogP) is 2.07. The highest BCUT2D eigenvalue weighted by atomic mass is 32.2. The SMILES string of the molecule is C[C@@H](c1ccc(-n2cncn2)cc1)N(C)CC(=O)N(Cc1ccco1)[C@H]1CCS(=O)(=O)C1. The summed E-state index contributed by atoms with van der Waals surface area (Å²) in [5.41, 5.74) is 1.97. The summed E-state index contributed by atoms with van der Waals surface area (Å²) in [6.07, 6.45) is 5.14. The van der Waals surface area contributed by atoms with E-state index in [-0.39, 0.29) is 42.6 Å². The molecule has 10 heteroatoms. The summed E-state index contributed by atoms with van der Waals surface area (Å²) in [6.45, 7) is 2.47. The van der Waals surface area contributed by atoms with Crippen molar-refractivity contribution in [2.75, 3.05) is 25.1 Å². The van der Waals surface area contributed by atoms with Gasteiger partial charge in [-0.05, 0) is 50.2 Å². The third-order valence-electron chi connectivity index (χ3n) is 5.98. The molecule has 2 atom stereocenters. The van der Waals surface area contributed by atoms with Crippen LogP contribution < -0.4 is 0 Å². The summed E-state index contributed by atoms with van der Waals surface area (Å²) in [7, 11) is -1.22. The van der Waals surface area contributed by atoms with Gasteiger partial charge in [-0.2, -0.15) is 5.10 Å². The highest BCUT2D eigenvalue weighted by Gasteiger charge is 2.35. The summed E-state index contributed by atoms with van der Waals surface area (Å²) >= 11 is 0. The molecule has 3 aromatic rings. The third kappa shape index (κ3) is 5.08. The standard InChI is InChI=1S/C22H27N5O4S/c1-17(18-5-7-19(8-6-18)27-16-23-15-24-27)25(2)13-22(28)26(12-21-4-3-10-31-21)20-9-11-32(29,30)14-20/h3-8,10,15-17,20H,9,11-14H2,1-2H3/t17-,20-/m0/s1. The van der Waals surface area contributed by atoms with E-state index in [0.717, 1.165) is 11.3 Å². The number of furan rings is 1. The van der Waals surface area contributed by atoms with Crippen LogP contribution in [0, 0.1) is 0 Å². The van der Waals surface area contributed by atoms with Gasteiger partial charge in [0.25, 0.3) is 0 Å². The monoisotopic (exact) mass is 457 g/mol. The van der Waals surface area contributed by atoms with Crippen molar-refractivity contribution in [2.24, 2.45) is 0 Å². The fourth-order valence-corrected chi connectivity index (χ4v) is 5.69. The van der Waals surface area contributed by atoms with Gasteiger partial charge in [-0.25, -0.2) is 18.1 Å². The minimum Gasteiger partial charge on any atom is -0.467 e. The Morgan fingerprint density at radius 1 is 1.28 bits per heavy atom. The zero-order valence-electron chi connectivity index (χ0n) is 18.2. The maximum Gasteiger partial charge on any atom is 0.237 e. The topological polar surface area (TPSA) is 102 Å². The molecule has 0 spiro atoms. The zero-order valence-corrected chi connectivity index (χ0v) is 19.0. The highest BCUT2D eigenvalue weighted by Crippen LogP contribution is 2.23. The van der Waals surface area contributed by atoms with Gasteiger partial charge in [0.05, 0.1) is 36.5 Å². The minimum absolute atomic E-state index is 0.00244. The van der Waals surface area contributed by atoms with Gasteiger partial charge in [0, 0.05) is 12.1 Å². The van der Waals surface area contributed by atoms with Crippen molar-refractivity contribution in [3.8, 4) is 5.69 Å². The van der Waals surface area contributed by atoms with E-state index in [0.29, 0.717) is 12.2 Å². The van der Waals surface area contributed by atoms with Crippen molar-refractivity contribution in [3.05, 3.63) is 66.6 Å². The van der Waals surface area contributed by atoms with E-state index in [9.17, 15) is 13.2 Å². The van der Waals surface area contributed by atoms with Crippen molar-refractivity contribution in [3.63, 3.8) is 0 Å².